The summed E-state index contributed by atoms with van der Waals surface area (Å²) < 4.78 is 7.97. The van der Waals surface area contributed by atoms with Crippen molar-refractivity contribution in [3.63, 3.8) is 0 Å². The van der Waals surface area contributed by atoms with Crippen molar-refractivity contribution in [3.05, 3.63) is 81.8 Å². The van der Waals surface area contributed by atoms with Gasteiger partial charge in [0.05, 0.1) is 5.56 Å². The maximum absolute atomic E-state index is 12.8. The summed E-state index contributed by atoms with van der Waals surface area (Å²) in [6.07, 6.45) is 6.36. The Morgan fingerprint density at radius 3 is 2.51 bits per heavy atom. The molecule has 192 valence electrons. The van der Waals surface area contributed by atoms with Crippen LogP contribution in [0.5, 0.6) is 0 Å². The number of benzene rings is 2. The SMILES string of the molecule is CCN(CC)c1ccc2cc(C=Cc3ccc4cccc(C)c4[n+]3CCCCCC(=O)O)c(=O)oc2c1. The van der Waals surface area contributed by atoms with Gasteiger partial charge in [0.1, 0.15) is 12.1 Å². The molecule has 0 bridgehead atoms. The molecule has 2 heterocycles. The third kappa shape index (κ3) is 6.08. The van der Waals surface area contributed by atoms with Crippen LogP contribution in [0.25, 0.3) is 34.0 Å². The first-order valence-electron chi connectivity index (χ1n) is 13.1. The fraction of sp³-hybridized carbons (Fsp3) is 0.323. The zero-order chi connectivity index (χ0) is 26.4. The molecule has 2 aromatic heterocycles. The van der Waals surface area contributed by atoms with Gasteiger partial charge in [-0.1, -0.05) is 12.1 Å². The highest BCUT2D eigenvalue weighted by molar-refractivity contribution is 5.84. The van der Waals surface area contributed by atoms with Gasteiger partial charge in [-0.05, 0) is 70.0 Å². The molecule has 37 heavy (non-hydrogen) atoms. The number of rotatable bonds is 11. The molecular weight excluding hydrogens is 464 g/mol. The molecule has 0 unspecified atom stereocenters. The molecule has 0 atom stereocenters. The zero-order valence-corrected chi connectivity index (χ0v) is 21.9. The summed E-state index contributed by atoms with van der Waals surface area (Å²) in [5.41, 5.74) is 5.07. The highest BCUT2D eigenvalue weighted by Gasteiger charge is 2.16. The molecule has 0 saturated carbocycles. The number of carboxylic acids is 1. The predicted molar refractivity (Wildman–Crippen MR) is 150 cm³/mol. The monoisotopic (exact) mass is 499 g/mol. The van der Waals surface area contributed by atoms with E-state index in [4.69, 9.17) is 9.52 Å². The maximum atomic E-state index is 12.8. The summed E-state index contributed by atoms with van der Waals surface area (Å²) in [6.45, 7) is 8.85. The second-order valence-electron chi connectivity index (χ2n) is 9.34. The van der Waals surface area contributed by atoms with E-state index >= 15 is 0 Å². The summed E-state index contributed by atoms with van der Waals surface area (Å²) in [7, 11) is 0. The van der Waals surface area contributed by atoms with Gasteiger partial charge in [0, 0.05) is 66.2 Å². The number of unbranched alkanes of at least 4 members (excludes halogenated alkanes) is 2. The first kappa shape index (κ1) is 26.1. The van der Waals surface area contributed by atoms with Crippen molar-refractivity contribution in [2.45, 2.75) is 53.0 Å². The Morgan fingerprint density at radius 1 is 0.973 bits per heavy atom. The number of aromatic nitrogens is 1. The number of carbonyl (C=O) groups is 1. The van der Waals surface area contributed by atoms with Gasteiger partial charge in [0.2, 0.25) is 11.2 Å². The molecule has 0 radical (unpaired) electrons. The predicted octanol–water partition coefficient (Wildman–Crippen LogP) is 6.20. The molecule has 0 aliphatic rings. The normalized spacial score (nSPS) is 11.5. The number of hydrogen-bond acceptors (Lipinski definition) is 4. The molecule has 0 saturated heterocycles. The number of fused-ring (bicyclic) bond motifs is 2. The molecule has 1 N–H and O–H groups in total. The standard InChI is InChI=1S/C31H34N2O4/c1-4-32(5-2)27-18-14-24-20-25(31(36)37-28(24)21-27)15-17-26-16-13-23-11-9-10-22(3)30(23)33(26)19-8-6-7-12-29(34)35/h9-11,13-18,20-21H,4-8,12,19H2,1-3H3/p+1. The third-order valence-electron chi connectivity index (χ3n) is 6.87. The Labute approximate surface area is 217 Å². The van der Waals surface area contributed by atoms with E-state index in [1.807, 2.05) is 30.4 Å². The molecule has 0 spiro atoms. The van der Waals surface area contributed by atoms with Gasteiger partial charge in [-0.2, -0.15) is 4.57 Å². The lowest BCUT2D eigenvalue weighted by molar-refractivity contribution is -0.673. The van der Waals surface area contributed by atoms with Crippen molar-refractivity contribution < 1.29 is 18.9 Å². The molecular formula is C31H35N2O4+. The van der Waals surface area contributed by atoms with E-state index in [9.17, 15) is 9.59 Å². The highest BCUT2D eigenvalue weighted by Crippen LogP contribution is 2.23. The summed E-state index contributed by atoms with van der Waals surface area (Å²) in [5.74, 6) is -0.754. The Hall–Kier alpha value is -3.93. The Kier molecular flexibility index (Phi) is 8.39. The quantitative estimate of drug-likeness (QED) is 0.151. The minimum absolute atomic E-state index is 0.195. The minimum Gasteiger partial charge on any atom is -0.481 e. The molecule has 2 aromatic carbocycles. The number of para-hydroxylation sites is 1. The summed E-state index contributed by atoms with van der Waals surface area (Å²) >= 11 is 0. The fourth-order valence-corrected chi connectivity index (χ4v) is 4.88. The van der Waals surface area contributed by atoms with Crippen molar-refractivity contribution >= 4 is 45.7 Å². The summed E-state index contributed by atoms with van der Waals surface area (Å²) in [4.78, 5) is 25.9. The number of anilines is 1. The number of carboxylic acid groups (broad SMARTS) is 1. The molecule has 6 nitrogen and oxygen atoms in total. The lowest BCUT2D eigenvalue weighted by Gasteiger charge is -2.20. The van der Waals surface area contributed by atoms with Gasteiger partial charge in [0.25, 0.3) is 0 Å². The van der Waals surface area contributed by atoms with Crippen LogP contribution in [-0.4, -0.2) is 24.2 Å². The molecule has 0 fully saturated rings. The smallest absolute Gasteiger partial charge is 0.343 e. The second kappa shape index (κ2) is 11.9. The molecule has 4 aromatic rings. The number of pyridine rings is 1. The van der Waals surface area contributed by atoms with Crippen LogP contribution in [0, 0.1) is 6.92 Å². The van der Waals surface area contributed by atoms with Crippen LogP contribution in [0.1, 0.15) is 56.4 Å². The third-order valence-corrected chi connectivity index (χ3v) is 6.87. The second-order valence-corrected chi connectivity index (χ2v) is 9.34. The summed E-state index contributed by atoms with van der Waals surface area (Å²) in [5, 5.41) is 11.0. The van der Waals surface area contributed by atoms with E-state index in [0.717, 1.165) is 60.1 Å². The van der Waals surface area contributed by atoms with Crippen LogP contribution in [0.2, 0.25) is 0 Å². The van der Waals surface area contributed by atoms with Crippen molar-refractivity contribution in [1.29, 1.82) is 0 Å². The van der Waals surface area contributed by atoms with Crippen LogP contribution in [0.15, 0.2) is 63.8 Å². The van der Waals surface area contributed by atoms with E-state index in [2.05, 4.69) is 66.6 Å². The Balaban J connectivity index is 1.66. The van der Waals surface area contributed by atoms with Crippen molar-refractivity contribution in [3.8, 4) is 0 Å². The maximum Gasteiger partial charge on any atom is 0.343 e. The van der Waals surface area contributed by atoms with Crippen LogP contribution in [0.3, 0.4) is 0 Å². The molecule has 6 heteroatoms. The number of nitrogens with zero attached hydrogens (tertiary/aromatic N) is 2. The van der Waals surface area contributed by atoms with Gasteiger partial charge in [-0.25, -0.2) is 4.79 Å². The highest BCUT2D eigenvalue weighted by atomic mass is 16.4. The van der Waals surface area contributed by atoms with Crippen LogP contribution in [-0.2, 0) is 11.3 Å². The van der Waals surface area contributed by atoms with Crippen LogP contribution < -0.4 is 15.1 Å². The van der Waals surface area contributed by atoms with Gasteiger partial charge in [0.15, 0.2) is 0 Å². The lowest BCUT2D eigenvalue weighted by atomic mass is 10.1. The fourth-order valence-electron chi connectivity index (χ4n) is 4.88. The van der Waals surface area contributed by atoms with E-state index < -0.39 is 5.97 Å². The summed E-state index contributed by atoms with van der Waals surface area (Å²) in [6, 6.07) is 18.3. The van der Waals surface area contributed by atoms with Crippen LogP contribution >= 0.6 is 0 Å². The average molecular weight is 500 g/mol. The minimum atomic E-state index is -0.754. The van der Waals surface area contributed by atoms with E-state index in [1.54, 1.807) is 0 Å². The molecule has 0 aliphatic heterocycles. The topological polar surface area (TPSA) is 74.6 Å². The van der Waals surface area contributed by atoms with E-state index in [-0.39, 0.29) is 12.0 Å². The molecule has 0 amide bonds. The Bertz CT molecular complexity index is 1500. The number of aryl methyl sites for hydroxylation is 2. The number of hydrogen-bond donors (Lipinski definition) is 1. The molecule has 4 rings (SSSR count). The van der Waals surface area contributed by atoms with Gasteiger partial charge in [-0.3, -0.25) is 4.79 Å². The van der Waals surface area contributed by atoms with Crippen molar-refractivity contribution in [1.82, 2.24) is 0 Å². The van der Waals surface area contributed by atoms with E-state index in [0.29, 0.717) is 17.6 Å². The van der Waals surface area contributed by atoms with Crippen LogP contribution in [0.4, 0.5) is 5.69 Å². The van der Waals surface area contributed by atoms with Gasteiger partial charge >= 0.3 is 11.6 Å². The van der Waals surface area contributed by atoms with Gasteiger partial charge in [-0.15, -0.1) is 0 Å². The van der Waals surface area contributed by atoms with E-state index in [1.165, 1.54) is 5.56 Å². The Morgan fingerprint density at radius 2 is 1.76 bits per heavy atom. The lowest BCUT2D eigenvalue weighted by Crippen LogP contribution is -2.38. The zero-order valence-electron chi connectivity index (χ0n) is 21.9. The van der Waals surface area contributed by atoms with Gasteiger partial charge < -0.3 is 14.4 Å². The first-order valence-corrected chi connectivity index (χ1v) is 13.1. The first-order chi connectivity index (χ1) is 17.9. The largest absolute Gasteiger partial charge is 0.481 e. The van der Waals surface area contributed by atoms with Crippen molar-refractivity contribution in [2.24, 2.45) is 0 Å². The average Bonchev–Trinajstić information content (AvgIpc) is 2.88. The molecule has 0 aliphatic carbocycles. The number of aliphatic carboxylic acids is 1. The van der Waals surface area contributed by atoms with Crippen molar-refractivity contribution in [2.75, 3.05) is 18.0 Å².